The lowest BCUT2D eigenvalue weighted by atomic mass is 10.1. The van der Waals surface area contributed by atoms with Crippen molar-refractivity contribution < 1.29 is 34.0 Å². The summed E-state index contributed by atoms with van der Waals surface area (Å²) in [5.41, 5.74) is 7.06. The van der Waals surface area contributed by atoms with Gasteiger partial charge >= 0.3 is 0 Å². The van der Waals surface area contributed by atoms with Crippen LogP contribution in [0.5, 0.6) is 11.5 Å². The highest BCUT2D eigenvalue weighted by molar-refractivity contribution is 6.11. The number of rotatable bonds is 8. The summed E-state index contributed by atoms with van der Waals surface area (Å²) in [4.78, 5) is 38.5. The molecular formula is C26H27N7O7. The Hall–Kier alpha value is -4.79. The summed E-state index contributed by atoms with van der Waals surface area (Å²) in [6, 6.07) is 11.4. The first-order valence-corrected chi connectivity index (χ1v) is 12.2. The van der Waals surface area contributed by atoms with Crippen molar-refractivity contribution in [3.63, 3.8) is 0 Å². The molecule has 6 N–H and O–H groups in total. The summed E-state index contributed by atoms with van der Waals surface area (Å²) in [6.45, 7) is -0.139. The van der Waals surface area contributed by atoms with Gasteiger partial charge in [0.2, 0.25) is 0 Å². The first-order valence-electron chi connectivity index (χ1n) is 12.2. The van der Waals surface area contributed by atoms with E-state index < -0.39 is 36.4 Å². The predicted molar refractivity (Wildman–Crippen MR) is 142 cm³/mol. The van der Waals surface area contributed by atoms with E-state index in [0.29, 0.717) is 22.7 Å². The number of nitrogens with zero attached hydrogens (tertiary/aromatic N) is 4. The zero-order chi connectivity index (χ0) is 28.4. The normalized spacial score (nSPS) is 20.3. The number of para-hydroxylation sites is 1. The fourth-order valence-corrected chi connectivity index (χ4v) is 4.52. The first-order chi connectivity index (χ1) is 19.3. The van der Waals surface area contributed by atoms with E-state index in [2.05, 4.69) is 25.6 Å². The summed E-state index contributed by atoms with van der Waals surface area (Å²) in [7, 11) is 2.87. The molecule has 0 aliphatic carbocycles. The van der Waals surface area contributed by atoms with E-state index in [9.17, 15) is 19.8 Å². The number of methoxy groups -OCH3 is 2. The Morgan fingerprint density at radius 3 is 2.45 bits per heavy atom. The Morgan fingerprint density at radius 2 is 1.73 bits per heavy atom. The molecule has 5 rings (SSSR count). The summed E-state index contributed by atoms with van der Waals surface area (Å²) in [6.07, 6.45) is -2.01. The van der Waals surface area contributed by atoms with Crippen molar-refractivity contribution in [3.8, 4) is 11.5 Å². The van der Waals surface area contributed by atoms with E-state index in [1.807, 2.05) is 0 Å². The monoisotopic (exact) mass is 549 g/mol. The number of hydrogen-bond acceptors (Lipinski definition) is 11. The lowest BCUT2D eigenvalue weighted by molar-refractivity contribution is -0.0337. The van der Waals surface area contributed by atoms with Crippen LogP contribution in [0.1, 0.15) is 26.9 Å². The number of anilines is 2. The zero-order valence-electron chi connectivity index (χ0n) is 21.5. The molecule has 0 radical (unpaired) electrons. The number of aromatic nitrogens is 4. The average molecular weight is 550 g/mol. The predicted octanol–water partition coefficient (Wildman–Crippen LogP) is 0.727. The van der Waals surface area contributed by atoms with E-state index >= 15 is 0 Å². The topological polar surface area (TPSA) is 196 Å². The molecular weight excluding hydrogens is 522 g/mol. The minimum Gasteiger partial charge on any atom is -0.496 e. The van der Waals surface area contributed by atoms with Gasteiger partial charge in [0.05, 0.1) is 31.8 Å². The lowest BCUT2D eigenvalue weighted by Crippen LogP contribution is -2.40. The number of nitrogen functional groups attached to an aromatic ring is 1. The maximum absolute atomic E-state index is 13.1. The molecule has 0 bridgehead atoms. The molecule has 2 aromatic carbocycles. The molecule has 0 spiro atoms. The number of nitrogens with two attached hydrogens (primary N) is 1. The van der Waals surface area contributed by atoms with Crippen LogP contribution in [-0.2, 0) is 4.74 Å². The molecule has 4 unspecified atom stereocenters. The highest BCUT2D eigenvalue weighted by Gasteiger charge is 2.44. The third-order valence-corrected chi connectivity index (χ3v) is 6.54. The van der Waals surface area contributed by atoms with Crippen molar-refractivity contribution in [2.24, 2.45) is 0 Å². The maximum atomic E-state index is 13.1. The number of aliphatic hydroxyl groups excluding tert-OH is 2. The van der Waals surface area contributed by atoms with Gasteiger partial charge in [-0.3, -0.25) is 14.2 Å². The third kappa shape index (κ3) is 4.86. The SMILES string of the molecule is COc1cccc(OC)c1C(=O)Nc1ccccc1C(=O)NCC1OC(n2cnc3c(N)ncnc32)C(O)C1O. The minimum atomic E-state index is -1.34. The van der Waals surface area contributed by atoms with Gasteiger partial charge in [0.1, 0.15) is 47.2 Å². The van der Waals surface area contributed by atoms with Crippen molar-refractivity contribution >= 4 is 34.5 Å². The van der Waals surface area contributed by atoms with Gasteiger partial charge in [-0.25, -0.2) is 15.0 Å². The number of benzene rings is 2. The summed E-state index contributed by atoms with van der Waals surface area (Å²) in [5, 5.41) is 26.7. The van der Waals surface area contributed by atoms with Crippen LogP contribution in [0.2, 0.25) is 0 Å². The van der Waals surface area contributed by atoms with Gasteiger partial charge in [0, 0.05) is 6.54 Å². The second kappa shape index (κ2) is 11.1. The van der Waals surface area contributed by atoms with E-state index in [-0.39, 0.29) is 29.2 Å². The summed E-state index contributed by atoms with van der Waals surface area (Å²) < 4.78 is 17.9. The van der Waals surface area contributed by atoms with Gasteiger partial charge in [0.25, 0.3) is 11.8 Å². The van der Waals surface area contributed by atoms with Gasteiger partial charge in [-0.05, 0) is 24.3 Å². The number of imidazole rings is 1. The standard InChI is InChI=1S/C26H27N7O7/c1-38-15-8-5-9-16(39-2)18(15)25(37)32-14-7-4-3-6-13(14)24(36)28-10-17-20(34)21(35)26(40-17)33-12-31-19-22(27)29-11-30-23(19)33/h3-9,11-12,17,20-21,26,34-35H,10H2,1-2H3,(H,28,36)(H,32,37)(H2,27,29,30). The molecule has 2 amide bonds. The van der Waals surface area contributed by atoms with Crippen LogP contribution in [0, 0.1) is 0 Å². The van der Waals surface area contributed by atoms with Crippen molar-refractivity contribution in [3.05, 3.63) is 66.2 Å². The fourth-order valence-electron chi connectivity index (χ4n) is 4.52. The van der Waals surface area contributed by atoms with Gasteiger partial charge in [0.15, 0.2) is 17.7 Å². The number of hydrogen-bond donors (Lipinski definition) is 5. The van der Waals surface area contributed by atoms with E-state index in [1.165, 1.54) is 37.5 Å². The molecule has 0 saturated carbocycles. The Morgan fingerprint density at radius 1 is 1.00 bits per heavy atom. The molecule has 14 heteroatoms. The Kier molecular flexibility index (Phi) is 7.46. The quantitative estimate of drug-likeness (QED) is 0.208. The highest BCUT2D eigenvalue weighted by Crippen LogP contribution is 2.32. The van der Waals surface area contributed by atoms with Crippen LogP contribution in [-0.4, -0.2) is 80.6 Å². The number of ether oxygens (including phenoxy) is 3. The number of amides is 2. The van der Waals surface area contributed by atoms with Crippen LogP contribution >= 0.6 is 0 Å². The number of carbonyl (C=O) groups excluding carboxylic acids is 2. The molecule has 3 heterocycles. The molecule has 14 nitrogen and oxygen atoms in total. The number of nitrogens with one attached hydrogen (secondary N) is 2. The van der Waals surface area contributed by atoms with Crippen LogP contribution in [0.4, 0.5) is 11.5 Å². The maximum Gasteiger partial charge on any atom is 0.263 e. The van der Waals surface area contributed by atoms with Crippen molar-refractivity contribution in [1.29, 1.82) is 0 Å². The van der Waals surface area contributed by atoms with Crippen LogP contribution < -0.4 is 25.8 Å². The smallest absolute Gasteiger partial charge is 0.263 e. The second-order valence-corrected chi connectivity index (χ2v) is 8.88. The number of aliphatic hydroxyl groups is 2. The van der Waals surface area contributed by atoms with Crippen molar-refractivity contribution in [2.45, 2.75) is 24.5 Å². The Labute approximate surface area is 227 Å². The van der Waals surface area contributed by atoms with Crippen LogP contribution in [0.15, 0.2) is 55.1 Å². The van der Waals surface area contributed by atoms with Gasteiger partial charge < -0.3 is 40.8 Å². The van der Waals surface area contributed by atoms with E-state index in [4.69, 9.17) is 19.9 Å². The Balaban J connectivity index is 1.29. The number of fused-ring (bicyclic) bond motifs is 1. The van der Waals surface area contributed by atoms with Gasteiger partial charge in [-0.15, -0.1) is 0 Å². The van der Waals surface area contributed by atoms with Crippen LogP contribution in [0.25, 0.3) is 11.2 Å². The van der Waals surface area contributed by atoms with Crippen LogP contribution in [0.3, 0.4) is 0 Å². The second-order valence-electron chi connectivity index (χ2n) is 8.88. The zero-order valence-corrected chi connectivity index (χ0v) is 21.5. The molecule has 2 aromatic heterocycles. The van der Waals surface area contributed by atoms with Crippen molar-refractivity contribution in [2.75, 3.05) is 31.8 Å². The average Bonchev–Trinajstić information content (AvgIpc) is 3.52. The Bertz CT molecular complexity index is 1540. The number of carbonyl (C=O) groups is 2. The molecule has 208 valence electrons. The summed E-state index contributed by atoms with van der Waals surface area (Å²) >= 11 is 0. The highest BCUT2D eigenvalue weighted by atomic mass is 16.6. The van der Waals surface area contributed by atoms with Gasteiger partial charge in [-0.2, -0.15) is 0 Å². The molecule has 4 aromatic rings. The van der Waals surface area contributed by atoms with Gasteiger partial charge in [-0.1, -0.05) is 18.2 Å². The fraction of sp³-hybridized carbons (Fsp3) is 0.269. The largest absolute Gasteiger partial charge is 0.496 e. The minimum absolute atomic E-state index is 0.139. The van der Waals surface area contributed by atoms with Crippen molar-refractivity contribution in [1.82, 2.24) is 24.8 Å². The van der Waals surface area contributed by atoms with E-state index in [0.717, 1.165) is 0 Å². The summed E-state index contributed by atoms with van der Waals surface area (Å²) in [5.74, 6) is -0.300. The molecule has 1 aliphatic heterocycles. The van der Waals surface area contributed by atoms with E-state index in [1.54, 1.807) is 36.4 Å². The molecule has 4 atom stereocenters. The molecule has 40 heavy (non-hydrogen) atoms. The lowest BCUT2D eigenvalue weighted by Gasteiger charge is -2.17. The molecule has 1 saturated heterocycles. The molecule has 1 fully saturated rings. The molecule has 1 aliphatic rings. The first kappa shape index (κ1) is 26.8. The third-order valence-electron chi connectivity index (χ3n) is 6.54.